The SMILES string of the molecule is Cc1ccc(C(=O)N2CCC[C@@H](COc3ccc(C(=O)N4CCOCC4)cc3)C2)cc1C. The fourth-order valence-corrected chi connectivity index (χ4v) is 4.30. The van der Waals surface area contributed by atoms with Gasteiger partial charge in [-0.15, -0.1) is 0 Å². The topological polar surface area (TPSA) is 59.1 Å². The van der Waals surface area contributed by atoms with Crippen molar-refractivity contribution in [1.82, 2.24) is 9.80 Å². The molecule has 2 aliphatic rings. The molecule has 2 aliphatic heterocycles. The molecule has 0 saturated carbocycles. The number of morpholine rings is 1. The summed E-state index contributed by atoms with van der Waals surface area (Å²) in [6.45, 7) is 8.62. The van der Waals surface area contributed by atoms with E-state index < -0.39 is 0 Å². The highest BCUT2D eigenvalue weighted by Gasteiger charge is 2.25. The molecule has 2 aromatic carbocycles. The molecule has 4 rings (SSSR count). The number of rotatable bonds is 5. The second-order valence-corrected chi connectivity index (χ2v) is 8.80. The van der Waals surface area contributed by atoms with Crippen molar-refractivity contribution in [2.24, 2.45) is 5.92 Å². The van der Waals surface area contributed by atoms with E-state index in [1.54, 1.807) is 0 Å². The second kappa shape index (κ2) is 10.2. The summed E-state index contributed by atoms with van der Waals surface area (Å²) >= 11 is 0. The number of ether oxygens (including phenoxy) is 2. The van der Waals surface area contributed by atoms with Crippen LogP contribution in [0.1, 0.15) is 44.7 Å². The zero-order valence-electron chi connectivity index (χ0n) is 19.0. The van der Waals surface area contributed by atoms with E-state index in [4.69, 9.17) is 9.47 Å². The van der Waals surface area contributed by atoms with E-state index in [9.17, 15) is 9.59 Å². The van der Waals surface area contributed by atoms with Crippen LogP contribution in [0.3, 0.4) is 0 Å². The zero-order chi connectivity index (χ0) is 22.5. The number of carbonyl (C=O) groups excluding carboxylic acids is 2. The number of carbonyl (C=O) groups is 2. The van der Waals surface area contributed by atoms with Gasteiger partial charge in [0.25, 0.3) is 11.8 Å². The van der Waals surface area contributed by atoms with Crippen LogP contribution in [0.25, 0.3) is 0 Å². The van der Waals surface area contributed by atoms with Gasteiger partial charge in [0.1, 0.15) is 5.75 Å². The molecule has 2 aromatic rings. The molecule has 1 atom stereocenters. The molecular formula is C26H32N2O4. The summed E-state index contributed by atoms with van der Waals surface area (Å²) in [5, 5.41) is 0. The van der Waals surface area contributed by atoms with Crippen LogP contribution < -0.4 is 4.74 Å². The highest BCUT2D eigenvalue weighted by Crippen LogP contribution is 2.22. The third-order valence-corrected chi connectivity index (χ3v) is 6.45. The van der Waals surface area contributed by atoms with Crippen LogP contribution in [0.4, 0.5) is 0 Å². The van der Waals surface area contributed by atoms with Gasteiger partial charge in [-0.3, -0.25) is 9.59 Å². The average molecular weight is 437 g/mol. The number of nitrogens with zero attached hydrogens (tertiary/aromatic N) is 2. The molecule has 6 nitrogen and oxygen atoms in total. The number of hydrogen-bond donors (Lipinski definition) is 0. The van der Waals surface area contributed by atoms with Crippen molar-refractivity contribution in [1.29, 1.82) is 0 Å². The Morgan fingerprint density at radius 1 is 0.906 bits per heavy atom. The van der Waals surface area contributed by atoms with Crippen LogP contribution in [0.2, 0.25) is 0 Å². The first kappa shape index (κ1) is 22.3. The molecule has 0 spiro atoms. The van der Waals surface area contributed by atoms with E-state index in [1.807, 2.05) is 59.2 Å². The lowest BCUT2D eigenvalue weighted by molar-refractivity contribution is 0.0303. The molecule has 32 heavy (non-hydrogen) atoms. The average Bonchev–Trinajstić information content (AvgIpc) is 2.84. The van der Waals surface area contributed by atoms with E-state index in [2.05, 4.69) is 6.92 Å². The molecule has 2 saturated heterocycles. The maximum Gasteiger partial charge on any atom is 0.254 e. The van der Waals surface area contributed by atoms with Gasteiger partial charge in [-0.1, -0.05) is 6.07 Å². The largest absolute Gasteiger partial charge is 0.493 e. The molecule has 0 aromatic heterocycles. The third-order valence-electron chi connectivity index (χ3n) is 6.45. The Morgan fingerprint density at radius 2 is 1.59 bits per heavy atom. The van der Waals surface area contributed by atoms with Gasteiger partial charge >= 0.3 is 0 Å². The highest BCUT2D eigenvalue weighted by molar-refractivity contribution is 5.95. The van der Waals surface area contributed by atoms with Crippen molar-refractivity contribution in [3.8, 4) is 5.75 Å². The Balaban J connectivity index is 1.30. The van der Waals surface area contributed by atoms with Gasteiger partial charge in [0.2, 0.25) is 0 Å². The lowest BCUT2D eigenvalue weighted by Gasteiger charge is -2.33. The van der Waals surface area contributed by atoms with Gasteiger partial charge in [-0.2, -0.15) is 0 Å². The fourth-order valence-electron chi connectivity index (χ4n) is 4.30. The lowest BCUT2D eigenvalue weighted by Crippen LogP contribution is -2.41. The first-order valence-corrected chi connectivity index (χ1v) is 11.5. The van der Waals surface area contributed by atoms with Crippen molar-refractivity contribution in [2.45, 2.75) is 26.7 Å². The molecule has 0 radical (unpaired) electrons. The molecule has 2 amide bonds. The van der Waals surface area contributed by atoms with Gasteiger partial charge in [0.15, 0.2) is 0 Å². The smallest absolute Gasteiger partial charge is 0.254 e. The van der Waals surface area contributed by atoms with Gasteiger partial charge < -0.3 is 19.3 Å². The van der Waals surface area contributed by atoms with E-state index >= 15 is 0 Å². The molecule has 6 heteroatoms. The Labute approximate surface area is 190 Å². The number of likely N-dealkylation sites (tertiary alicyclic amines) is 1. The van der Waals surface area contributed by atoms with Crippen molar-refractivity contribution in [2.75, 3.05) is 46.0 Å². The maximum atomic E-state index is 13.0. The first-order chi connectivity index (χ1) is 15.5. The molecule has 2 heterocycles. The lowest BCUT2D eigenvalue weighted by atomic mass is 9.97. The molecule has 0 unspecified atom stereocenters. The summed E-state index contributed by atoms with van der Waals surface area (Å²) in [5.41, 5.74) is 3.77. The number of piperidine rings is 1. The standard InChI is InChI=1S/C26H32N2O4/c1-19-5-6-23(16-20(19)2)26(30)28-11-3-4-21(17-28)18-32-24-9-7-22(8-10-24)25(29)27-12-14-31-15-13-27/h5-10,16,21H,3-4,11-15,17-18H2,1-2H3/t21-/m1/s1. The summed E-state index contributed by atoms with van der Waals surface area (Å²) in [6, 6.07) is 13.3. The predicted molar refractivity (Wildman–Crippen MR) is 123 cm³/mol. The molecule has 0 bridgehead atoms. The van der Waals surface area contributed by atoms with Crippen LogP contribution in [0.5, 0.6) is 5.75 Å². The Morgan fingerprint density at radius 3 is 2.31 bits per heavy atom. The number of amides is 2. The van der Waals surface area contributed by atoms with Crippen molar-refractivity contribution < 1.29 is 19.1 Å². The molecule has 0 aliphatic carbocycles. The minimum atomic E-state index is 0.0348. The summed E-state index contributed by atoms with van der Waals surface area (Å²) < 4.78 is 11.3. The van der Waals surface area contributed by atoms with E-state index in [0.29, 0.717) is 50.9 Å². The third kappa shape index (κ3) is 5.30. The van der Waals surface area contributed by atoms with Crippen LogP contribution in [0, 0.1) is 19.8 Å². The van der Waals surface area contributed by atoms with Gasteiger partial charge in [0.05, 0.1) is 19.8 Å². The Kier molecular flexibility index (Phi) is 7.10. The normalized spacial score (nSPS) is 19.0. The second-order valence-electron chi connectivity index (χ2n) is 8.80. The zero-order valence-corrected chi connectivity index (χ0v) is 19.0. The van der Waals surface area contributed by atoms with Gasteiger partial charge in [-0.05, 0) is 74.2 Å². The van der Waals surface area contributed by atoms with Crippen molar-refractivity contribution >= 4 is 11.8 Å². The summed E-state index contributed by atoms with van der Waals surface area (Å²) in [6.07, 6.45) is 2.03. The van der Waals surface area contributed by atoms with Gasteiger partial charge in [0, 0.05) is 43.2 Å². The monoisotopic (exact) mass is 436 g/mol. The predicted octanol–water partition coefficient (Wildman–Crippen LogP) is 3.71. The summed E-state index contributed by atoms with van der Waals surface area (Å²) in [7, 11) is 0. The van der Waals surface area contributed by atoms with Crippen LogP contribution in [-0.4, -0.2) is 67.6 Å². The number of benzene rings is 2. The van der Waals surface area contributed by atoms with Crippen LogP contribution in [-0.2, 0) is 4.74 Å². The number of aryl methyl sites for hydroxylation is 2. The molecule has 0 N–H and O–H groups in total. The Bertz CT molecular complexity index is 951. The first-order valence-electron chi connectivity index (χ1n) is 11.5. The van der Waals surface area contributed by atoms with Crippen molar-refractivity contribution in [3.63, 3.8) is 0 Å². The summed E-state index contributed by atoms with van der Waals surface area (Å²) in [4.78, 5) is 29.3. The van der Waals surface area contributed by atoms with Crippen molar-refractivity contribution in [3.05, 3.63) is 64.7 Å². The minimum Gasteiger partial charge on any atom is -0.493 e. The quantitative estimate of drug-likeness (QED) is 0.717. The molecule has 170 valence electrons. The van der Waals surface area contributed by atoms with Crippen LogP contribution in [0.15, 0.2) is 42.5 Å². The maximum absolute atomic E-state index is 13.0. The van der Waals surface area contributed by atoms with Crippen LogP contribution >= 0.6 is 0 Å². The molecular weight excluding hydrogens is 404 g/mol. The van der Waals surface area contributed by atoms with E-state index in [-0.39, 0.29) is 11.8 Å². The number of hydrogen-bond acceptors (Lipinski definition) is 4. The van der Waals surface area contributed by atoms with E-state index in [1.165, 1.54) is 5.56 Å². The fraction of sp³-hybridized carbons (Fsp3) is 0.462. The highest BCUT2D eigenvalue weighted by atomic mass is 16.5. The van der Waals surface area contributed by atoms with E-state index in [0.717, 1.165) is 36.3 Å². The summed E-state index contributed by atoms with van der Waals surface area (Å²) in [5.74, 6) is 1.19. The van der Waals surface area contributed by atoms with Gasteiger partial charge in [-0.25, -0.2) is 0 Å². The Hall–Kier alpha value is -2.86. The molecule has 2 fully saturated rings. The minimum absolute atomic E-state index is 0.0348.